The smallest absolute Gasteiger partial charge is 0.242 e. The first-order valence-corrected chi connectivity index (χ1v) is 10.2. The highest BCUT2D eigenvalue weighted by molar-refractivity contribution is 7.92. The third kappa shape index (κ3) is 5.29. The number of carbonyl (C=O) groups excluding carboxylic acids is 2. The summed E-state index contributed by atoms with van der Waals surface area (Å²) in [5, 5.41) is 5.25. The fourth-order valence-electron chi connectivity index (χ4n) is 2.73. The summed E-state index contributed by atoms with van der Waals surface area (Å²) in [5.41, 5.74) is 0.943. The summed E-state index contributed by atoms with van der Waals surface area (Å²) < 4.78 is 24.9. The number of benzene rings is 1. The molecule has 0 saturated carbocycles. The molecule has 1 atom stereocenters. The predicted octanol–water partition coefficient (Wildman–Crippen LogP) is 1.54. The van der Waals surface area contributed by atoms with Gasteiger partial charge in [-0.3, -0.25) is 9.59 Å². The lowest BCUT2D eigenvalue weighted by Crippen LogP contribution is -2.47. The molecule has 0 bridgehead atoms. The molecule has 1 aliphatic heterocycles. The summed E-state index contributed by atoms with van der Waals surface area (Å²) in [7, 11) is -3.74. The minimum Gasteiger partial charge on any atom is -0.354 e. The van der Waals surface area contributed by atoms with E-state index in [-0.39, 0.29) is 16.2 Å². The SMILES string of the molecule is CC(C)(C)c1ccc(S(=O)(=O)CC(=O)NC2CCCCNC2=O)cc1. The van der Waals surface area contributed by atoms with Crippen LogP contribution in [0.25, 0.3) is 0 Å². The van der Waals surface area contributed by atoms with E-state index < -0.39 is 27.5 Å². The molecule has 1 aromatic rings. The summed E-state index contributed by atoms with van der Waals surface area (Å²) in [5.74, 6) is -1.56. The molecule has 2 amide bonds. The van der Waals surface area contributed by atoms with Crippen molar-refractivity contribution in [2.45, 2.75) is 56.4 Å². The quantitative estimate of drug-likeness (QED) is 0.845. The van der Waals surface area contributed by atoms with Gasteiger partial charge in [-0.05, 0) is 42.4 Å². The monoisotopic (exact) mass is 366 g/mol. The molecule has 1 heterocycles. The largest absolute Gasteiger partial charge is 0.354 e. The van der Waals surface area contributed by atoms with E-state index in [1.165, 1.54) is 12.1 Å². The number of hydrogen-bond acceptors (Lipinski definition) is 4. The molecule has 1 unspecified atom stereocenters. The van der Waals surface area contributed by atoms with E-state index in [1.807, 2.05) is 20.8 Å². The van der Waals surface area contributed by atoms with Crippen LogP contribution in [0.1, 0.15) is 45.6 Å². The molecule has 1 aromatic carbocycles. The Morgan fingerprint density at radius 2 is 1.84 bits per heavy atom. The van der Waals surface area contributed by atoms with Crippen molar-refractivity contribution in [3.63, 3.8) is 0 Å². The molecule has 1 saturated heterocycles. The van der Waals surface area contributed by atoms with Crippen LogP contribution in [0.4, 0.5) is 0 Å². The Kier molecular flexibility index (Phi) is 5.87. The summed E-state index contributed by atoms with van der Waals surface area (Å²) >= 11 is 0. The van der Waals surface area contributed by atoms with Gasteiger partial charge in [-0.15, -0.1) is 0 Å². The minimum absolute atomic E-state index is 0.0769. The van der Waals surface area contributed by atoms with Gasteiger partial charge < -0.3 is 10.6 Å². The summed E-state index contributed by atoms with van der Waals surface area (Å²) in [6.07, 6.45) is 2.19. The Hall–Kier alpha value is -1.89. The molecule has 1 fully saturated rings. The maximum atomic E-state index is 12.4. The molecule has 25 heavy (non-hydrogen) atoms. The van der Waals surface area contributed by atoms with Gasteiger partial charge in [0.05, 0.1) is 4.90 Å². The van der Waals surface area contributed by atoms with Crippen molar-refractivity contribution in [1.82, 2.24) is 10.6 Å². The molecule has 2 rings (SSSR count). The molecular formula is C18H26N2O4S. The molecule has 7 heteroatoms. The Balaban J connectivity index is 2.04. The Morgan fingerprint density at radius 1 is 1.20 bits per heavy atom. The topological polar surface area (TPSA) is 92.3 Å². The molecule has 0 aliphatic carbocycles. The number of rotatable bonds is 4. The summed E-state index contributed by atoms with van der Waals surface area (Å²) in [6.45, 7) is 6.72. The average Bonchev–Trinajstić information content (AvgIpc) is 2.71. The van der Waals surface area contributed by atoms with Crippen LogP contribution in [-0.4, -0.2) is 38.6 Å². The average molecular weight is 366 g/mol. The standard InChI is InChI=1S/C18H26N2O4S/c1-18(2,3)13-7-9-14(10-8-13)25(23,24)12-16(21)20-15-6-4-5-11-19-17(15)22/h7-10,15H,4-6,11-12H2,1-3H3,(H,19,22)(H,20,21). The first kappa shape index (κ1) is 19.4. The predicted molar refractivity (Wildman–Crippen MR) is 96.0 cm³/mol. The van der Waals surface area contributed by atoms with Crippen LogP contribution in [0.2, 0.25) is 0 Å². The highest BCUT2D eigenvalue weighted by Gasteiger charge is 2.26. The highest BCUT2D eigenvalue weighted by Crippen LogP contribution is 2.23. The highest BCUT2D eigenvalue weighted by atomic mass is 32.2. The Labute approximate surface area is 149 Å². The molecule has 2 N–H and O–H groups in total. The van der Waals surface area contributed by atoms with Crippen molar-refractivity contribution in [3.8, 4) is 0 Å². The molecular weight excluding hydrogens is 340 g/mol. The van der Waals surface area contributed by atoms with Gasteiger partial charge in [-0.2, -0.15) is 0 Å². The first-order valence-electron chi connectivity index (χ1n) is 8.50. The van der Waals surface area contributed by atoms with Gasteiger partial charge in [0.15, 0.2) is 9.84 Å². The van der Waals surface area contributed by atoms with E-state index in [2.05, 4.69) is 10.6 Å². The second kappa shape index (κ2) is 7.56. The second-order valence-corrected chi connectivity index (χ2v) is 9.43. The van der Waals surface area contributed by atoms with Crippen molar-refractivity contribution in [1.29, 1.82) is 0 Å². The van der Waals surface area contributed by atoms with E-state index in [9.17, 15) is 18.0 Å². The lowest BCUT2D eigenvalue weighted by Gasteiger charge is -2.19. The first-order chi connectivity index (χ1) is 11.6. The van der Waals surface area contributed by atoms with Gasteiger partial charge in [0.25, 0.3) is 0 Å². The van der Waals surface area contributed by atoms with Crippen LogP contribution in [0.15, 0.2) is 29.2 Å². The van der Waals surface area contributed by atoms with Gasteiger partial charge in [-0.25, -0.2) is 8.42 Å². The molecule has 0 aromatic heterocycles. The molecule has 0 radical (unpaired) electrons. The Morgan fingerprint density at radius 3 is 2.44 bits per heavy atom. The molecule has 6 nitrogen and oxygen atoms in total. The van der Waals surface area contributed by atoms with Gasteiger partial charge in [-0.1, -0.05) is 32.9 Å². The zero-order valence-electron chi connectivity index (χ0n) is 15.0. The van der Waals surface area contributed by atoms with Crippen molar-refractivity contribution in [3.05, 3.63) is 29.8 Å². The number of hydrogen-bond donors (Lipinski definition) is 2. The van der Waals surface area contributed by atoms with Crippen LogP contribution in [0.3, 0.4) is 0 Å². The van der Waals surface area contributed by atoms with Gasteiger partial charge in [0.2, 0.25) is 11.8 Å². The van der Waals surface area contributed by atoms with Crippen LogP contribution < -0.4 is 10.6 Å². The lowest BCUT2D eigenvalue weighted by molar-refractivity contribution is -0.127. The van der Waals surface area contributed by atoms with Crippen molar-refractivity contribution >= 4 is 21.7 Å². The zero-order chi connectivity index (χ0) is 18.7. The summed E-state index contributed by atoms with van der Waals surface area (Å²) in [4.78, 5) is 24.1. The van der Waals surface area contributed by atoms with E-state index in [0.29, 0.717) is 13.0 Å². The van der Waals surface area contributed by atoms with E-state index in [0.717, 1.165) is 18.4 Å². The number of amides is 2. The Bertz CT molecular complexity index is 733. The van der Waals surface area contributed by atoms with Crippen LogP contribution in [0.5, 0.6) is 0 Å². The van der Waals surface area contributed by atoms with Gasteiger partial charge in [0, 0.05) is 6.54 Å². The fraction of sp³-hybridized carbons (Fsp3) is 0.556. The summed E-state index contributed by atoms with van der Waals surface area (Å²) in [6, 6.07) is 5.93. The van der Waals surface area contributed by atoms with Crippen molar-refractivity contribution in [2.24, 2.45) is 0 Å². The maximum Gasteiger partial charge on any atom is 0.242 e. The fourth-order valence-corrected chi connectivity index (χ4v) is 3.88. The zero-order valence-corrected chi connectivity index (χ0v) is 15.8. The molecule has 138 valence electrons. The van der Waals surface area contributed by atoms with E-state index >= 15 is 0 Å². The van der Waals surface area contributed by atoms with E-state index in [1.54, 1.807) is 12.1 Å². The number of carbonyl (C=O) groups is 2. The van der Waals surface area contributed by atoms with E-state index in [4.69, 9.17) is 0 Å². The third-order valence-electron chi connectivity index (χ3n) is 4.27. The van der Waals surface area contributed by atoms with Crippen LogP contribution in [0, 0.1) is 0 Å². The number of sulfone groups is 1. The van der Waals surface area contributed by atoms with Gasteiger partial charge >= 0.3 is 0 Å². The number of nitrogens with one attached hydrogen (secondary N) is 2. The second-order valence-electron chi connectivity index (χ2n) is 7.44. The van der Waals surface area contributed by atoms with Crippen molar-refractivity contribution in [2.75, 3.05) is 12.3 Å². The maximum absolute atomic E-state index is 12.4. The van der Waals surface area contributed by atoms with Gasteiger partial charge in [0.1, 0.15) is 11.8 Å². The molecule has 1 aliphatic rings. The van der Waals surface area contributed by atoms with Crippen LogP contribution >= 0.6 is 0 Å². The molecule has 0 spiro atoms. The minimum atomic E-state index is -3.74. The lowest BCUT2D eigenvalue weighted by atomic mass is 9.87. The normalized spacial score (nSPS) is 19.0. The third-order valence-corrected chi connectivity index (χ3v) is 5.90. The van der Waals surface area contributed by atoms with Crippen LogP contribution in [-0.2, 0) is 24.8 Å². The van der Waals surface area contributed by atoms with Crippen molar-refractivity contribution < 1.29 is 18.0 Å².